The van der Waals surface area contributed by atoms with Crippen LogP contribution in [0.2, 0.25) is 0 Å². The average molecular weight is 398 g/mol. The molecule has 6 N–H and O–H groups in total. The molecule has 2 atom stereocenters. The van der Waals surface area contributed by atoms with Crippen LogP contribution in [0.15, 0.2) is 0 Å². The van der Waals surface area contributed by atoms with E-state index < -0.39 is 0 Å². The normalized spacial score (nSPS) is 36.1. The lowest BCUT2D eigenvalue weighted by Crippen LogP contribution is -2.57. The first-order valence-corrected chi connectivity index (χ1v) is 11.3. The van der Waals surface area contributed by atoms with Crippen molar-refractivity contribution in [2.24, 2.45) is 22.7 Å². The van der Waals surface area contributed by atoms with E-state index in [-0.39, 0.29) is 10.8 Å². The highest BCUT2D eigenvalue weighted by molar-refractivity contribution is 4.96. The highest BCUT2D eigenvalue weighted by atomic mass is 15.3. The first-order chi connectivity index (χ1) is 13.3. The molecule has 2 unspecified atom stereocenters. The van der Waals surface area contributed by atoms with Gasteiger partial charge < -0.3 is 31.9 Å². The van der Waals surface area contributed by atoms with Crippen LogP contribution in [0.3, 0.4) is 0 Å². The first-order valence-electron chi connectivity index (χ1n) is 11.3. The monoisotopic (exact) mass is 397 g/mol. The summed E-state index contributed by atoms with van der Waals surface area (Å²) in [4.78, 5) is 2.42. The summed E-state index contributed by atoms with van der Waals surface area (Å²) in [5.41, 5.74) is 0.370. The van der Waals surface area contributed by atoms with Crippen LogP contribution >= 0.6 is 0 Å². The molecule has 7 heteroatoms. The fraction of sp³-hybridized carbons (Fsp3) is 1.00. The van der Waals surface area contributed by atoms with E-state index in [1.807, 2.05) is 0 Å². The van der Waals surface area contributed by atoms with Crippen LogP contribution in [0, 0.1) is 22.7 Å². The van der Waals surface area contributed by atoms with Crippen LogP contribution < -0.4 is 31.9 Å². The molecule has 2 rings (SSSR count). The Hall–Kier alpha value is -0.280. The SMILES string of the molecule is CC1CNC[N@]2CNCCNC[C@](C(C)(C)C)(CNC1)CNCC(C)CNC2. The van der Waals surface area contributed by atoms with Gasteiger partial charge in [-0.3, -0.25) is 4.90 Å². The summed E-state index contributed by atoms with van der Waals surface area (Å²) in [7, 11) is 0. The van der Waals surface area contributed by atoms with Gasteiger partial charge in [-0.2, -0.15) is 0 Å². The summed E-state index contributed by atoms with van der Waals surface area (Å²) in [5, 5.41) is 22.3. The zero-order chi connectivity index (χ0) is 20.5. The third-order valence-electron chi connectivity index (χ3n) is 6.44. The van der Waals surface area contributed by atoms with Gasteiger partial charge in [0.1, 0.15) is 0 Å². The standard InChI is InChI=1S/C21H47N7/c1-18-8-24-13-21(20(3,4)5)12-22-6-7-23-15-28(16-26-10-18)17-27-11-19(2)9-25-14-21/h18-19,22-27H,6-17H2,1-5H3. The van der Waals surface area contributed by atoms with Gasteiger partial charge in [0.05, 0.1) is 20.0 Å². The minimum atomic E-state index is 0.166. The second-order valence-corrected chi connectivity index (χ2v) is 10.2. The van der Waals surface area contributed by atoms with E-state index in [1.54, 1.807) is 0 Å². The van der Waals surface area contributed by atoms with Crippen molar-refractivity contribution < 1.29 is 0 Å². The molecule has 2 aliphatic rings. The molecule has 0 aliphatic carbocycles. The van der Waals surface area contributed by atoms with E-state index >= 15 is 0 Å². The molecule has 2 fully saturated rings. The van der Waals surface area contributed by atoms with Gasteiger partial charge in [-0.15, -0.1) is 0 Å². The fourth-order valence-electron chi connectivity index (χ4n) is 4.09. The Morgan fingerprint density at radius 2 is 1.07 bits per heavy atom. The van der Waals surface area contributed by atoms with E-state index in [0.717, 1.165) is 78.9 Å². The number of fused-ring (bicyclic) bond motifs is 7. The third kappa shape index (κ3) is 7.86. The predicted molar refractivity (Wildman–Crippen MR) is 119 cm³/mol. The minimum absolute atomic E-state index is 0.166. The van der Waals surface area contributed by atoms with Gasteiger partial charge in [0.15, 0.2) is 0 Å². The van der Waals surface area contributed by atoms with Crippen LogP contribution in [-0.4, -0.2) is 83.8 Å². The Balaban J connectivity index is 2.20. The van der Waals surface area contributed by atoms with Gasteiger partial charge in [-0.05, 0) is 30.3 Å². The largest absolute Gasteiger partial charge is 0.316 e. The molecule has 0 amide bonds. The molecule has 0 spiro atoms. The van der Waals surface area contributed by atoms with Crippen LogP contribution in [0.4, 0.5) is 0 Å². The summed E-state index contributed by atoms with van der Waals surface area (Å²) in [6.07, 6.45) is 0. The molecule has 28 heavy (non-hydrogen) atoms. The topological polar surface area (TPSA) is 75.4 Å². The Kier molecular flexibility index (Phi) is 10.1. The van der Waals surface area contributed by atoms with Crippen molar-refractivity contribution in [3.05, 3.63) is 0 Å². The van der Waals surface area contributed by atoms with E-state index in [4.69, 9.17) is 0 Å². The highest BCUT2D eigenvalue weighted by Crippen LogP contribution is 2.37. The summed E-state index contributed by atoms with van der Waals surface area (Å²) in [6.45, 7) is 23.9. The van der Waals surface area contributed by atoms with Crippen LogP contribution in [0.5, 0.6) is 0 Å². The Labute approximate surface area is 173 Å². The first kappa shape index (κ1) is 24.0. The maximum atomic E-state index is 3.82. The van der Waals surface area contributed by atoms with Crippen molar-refractivity contribution in [1.82, 2.24) is 36.8 Å². The summed E-state index contributed by atoms with van der Waals surface area (Å²) in [5.74, 6) is 1.22. The van der Waals surface area contributed by atoms with Crippen molar-refractivity contribution in [3.63, 3.8) is 0 Å². The van der Waals surface area contributed by atoms with E-state index in [1.165, 1.54) is 0 Å². The Morgan fingerprint density at radius 3 is 1.61 bits per heavy atom. The molecular formula is C21H47N7. The second kappa shape index (κ2) is 11.8. The quantitative estimate of drug-likeness (QED) is 0.344. The molecule has 0 aromatic heterocycles. The maximum Gasteiger partial charge on any atom is 0.0505 e. The molecule has 2 heterocycles. The maximum absolute atomic E-state index is 3.82. The molecule has 0 radical (unpaired) electrons. The van der Waals surface area contributed by atoms with Crippen LogP contribution in [0.25, 0.3) is 0 Å². The highest BCUT2D eigenvalue weighted by Gasteiger charge is 2.41. The van der Waals surface area contributed by atoms with Crippen molar-refractivity contribution in [1.29, 1.82) is 0 Å². The average Bonchev–Trinajstić information content (AvgIpc) is 2.62. The summed E-state index contributed by atoms with van der Waals surface area (Å²) >= 11 is 0. The van der Waals surface area contributed by atoms with E-state index in [2.05, 4.69) is 71.4 Å². The number of nitrogens with zero attached hydrogens (tertiary/aromatic N) is 1. The number of nitrogens with one attached hydrogen (secondary N) is 6. The van der Waals surface area contributed by atoms with Gasteiger partial charge in [-0.1, -0.05) is 34.6 Å². The van der Waals surface area contributed by atoms with Gasteiger partial charge >= 0.3 is 0 Å². The van der Waals surface area contributed by atoms with Gasteiger partial charge in [0.2, 0.25) is 0 Å². The summed E-state index contributed by atoms with van der Waals surface area (Å²) in [6, 6.07) is 0. The molecule has 0 aromatic rings. The van der Waals surface area contributed by atoms with Crippen molar-refractivity contribution in [2.75, 3.05) is 78.9 Å². The zero-order valence-electron chi connectivity index (χ0n) is 19.1. The number of rotatable bonds is 0. The van der Waals surface area contributed by atoms with Gasteiger partial charge in [-0.25, -0.2) is 0 Å². The molecule has 166 valence electrons. The molecule has 2 bridgehead atoms. The lowest BCUT2D eigenvalue weighted by atomic mass is 9.66. The second-order valence-electron chi connectivity index (χ2n) is 10.2. The predicted octanol–water partition coefficient (Wildman–Crippen LogP) is 0.0304. The molecule has 0 saturated carbocycles. The van der Waals surface area contributed by atoms with Gasteiger partial charge in [0, 0.05) is 51.2 Å². The lowest BCUT2D eigenvalue weighted by molar-refractivity contribution is 0.0792. The summed E-state index contributed by atoms with van der Waals surface area (Å²) < 4.78 is 0. The van der Waals surface area contributed by atoms with Crippen molar-refractivity contribution in [2.45, 2.75) is 34.6 Å². The smallest absolute Gasteiger partial charge is 0.0505 e. The molecular weight excluding hydrogens is 350 g/mol. The van der Waals surface area contributed by atoms with Crippen LogP contribution in [-0.2, 0) is 0 Å². The Morgan fingerprint density at radius 1 is 0.643 bits per heavy atom. The minimum Gasteiger partial charge on any atom is -0.316 e. The third-order valence-corrected chi connectivity index (χ3v) is 6.44. The van der Waals surface area contributed by atoms with E-state index in [9.17, 15) is 0 Å². The Bertz CT molecular complexity index is 401. The zero-order valence-corrected chi connectivity index (χ0v) is 19.1. The molecule has 2 aliphatic heterocycles. The van der Waals surface area contributed by atoms with Crippen molar-refractivity contribution in [3.8, 4) is 0 Å². The molecule has 2 saturated heterocycles. The van der Waals surface area contributed by atoms with Crippen LogP contribution in [0.1, 0.15) is 34.6 Å². The fourth-order valence-corrected chi connectivity index (χ4v) is 4.09. The lowest BCUT2D eigenvalue weighted by Gasteiger charge is -2.46. The van der Waals surface area contributed by atoms with Crippen molar-refractivity contribution >= 4 is 0 Å². The number of hydrogen-bond acceptors (Lipinski definition) is 7. The molecule has 7 nitrogen and oxygen atoms in total. The molecule has 0 aromatic carbocycles. The van der Waals surface area contributed by atoms with Gasteiger partial charge in [0.25, 0.3) is 0 Å². The number of hydrogen-bond donors (Lipinski definition) is 6. The van der Waals surface area contributed by atoms with E-state index in [0.29, 0.717) is 11.8 Å².